The number of anilines is 1. The molecule has 4 N–H and O–H groups in total. The molecule has 19 heavy (non-hydrogen) atoms. The van der Waals surface area contributed by atoms with Crippen LogP contribution >= 0.6 is 0 Å². The Balaban J connectivity index is 2.33. The van der Waals surface area contributed by atoms with Crippen molar-refractivity contribution in [3.8, 4) is 11.5 Å². The molecule has 0 bridgehead atoms. The van der Waals surface area contributed by atoms with Gasteiger partial charge in [0, 0.05) is 11.6 Å². The Labute approximate surface area is 109 Å². The van der Waals surface area contributed by atoms with Crippen LogP contribution in [0.1, 0.15) is 15.9 Å². The standard InChI is InChI=1S/C14H13FN2O2/c1-8-2-4-10(15)7-13(8)19-12-5-3-9(14(17)18)6-11(12)16/h2-7H,16H2,1H3,(H2,17,18). The normalized spacial score (nSPS) is 10.2. The molecular weight excluding hydrogens is 247 g/mol. The molecule has 0 radical (unpaired) electrons. The van der Waals surface area contributed by atoms with Gasteiger partial charge in [-0.25, -0.2) is 4.39 Å². The molecule has 0 unspecified atom stereocenters. The molecule has 5 heteroatoms. The number of halogens is 1. The summed E-state index contributed by atoms with van der Waals surface area (Å²) in [6, 6.07) is 8.69. The first-order valence-electron chi connectivity index (χ1n) is 5.60. The number of carbonyl (C=O) groups is 1. The van der Waals surface area contributed by atoms with Gasteiger partial charge in [0.1, 0.15) is 17.3 Å². The topological polar surface area (TPSA) is 78.3 Å². The Bertz CT molecular complexity index is 641. The Morgan fingerprint density at radius 2 is 1.89 bits per heavy atom. The molecule has 4 nitrogen and oxygen atoms in total. The third-order valence-corrected chi connectivity index (χ3v) is 2.66. The van der Waals surface area contributed by atoms with E-state index in [1.165, 1.54) is 30.3 Å². The highest BCUT2D eigenvalue weighted by molar-refractivity contribution is 5.94. The monoisotopic (exact) mass is 260 g/mol. The number of hydrogen-bond acceptors (Lipinski definition) is 3. The van der Waals surface area contributed by atoms with Crippen LogP contribution in [0.5, 0.6) is 11.5 Å². The molecule has 1 amide bonds. The Morgan fingerprint density at radius 3 is 2.53 bits per heavy atom. The molecule has 0 aromatic heterocycles. The Kier molecular flexibility index (Phi) is 3.37. The molecule has 2 aromatic rings. The molecule has 0 saturated carbocycles. The highest BCUT2D eigenvalue weighted by Gasteiger charge is 2.08. The number of carbonyl (C=O) groups excluding carboxylic acids is 1. The number of primary amides is 1. The van der Waals surface area contributed by atoms with Crippen LogP contribution in [0.3, 0.4) is 0 Å². The summed E-state index contributed by atoms with van der Waals surface area (Å²) >= 11 is 0. The summed E-state index contributed by atoms with van der Waals surface area (Å²) in [6.45, 7) is 1.79. The number of benzene rings is 2. The van der Waals surface area contributed by atoms with E-state index in [1.54, 1.807) is 13.0 Å². The number of amides is 1. The van der Waals surface area contributed by atoms with Crippen LogP contribution < -0.4 is 16.2 Å². The van der Waals surface area contributed by atoms with Crippen LogP contribution in [0.15, 0.2) is 36.4 Å². The fourth-order valence-electron chi connectivity index (χ4n) is 1.60. The molecule has 0 saturated heterocycles. The molecule has 2 aromatic carbocycles. The first-order chi connectivity index (χ1) is 8.97. The van der Waals surface area contributed by atoms with Crippen molar-refractivity contribution in [3.05, 3.63) is 53.3 Å². The van der Waals surface area contributed by atoms with E-state index >= 15 is 0 Å². The molecule has 0 spiro atoms. The van der Waals surface area contributed by atoms with E-state index in [-0.39, 0.29) is 5.69 Å². The van der Waals surface area contributed by atoms with Gasteiger partial charge in [-0.15, -0.1) is 0 Å². The molecule has 0 heterocycles. The molecule has 0 aliphatic rings. The summed E-state index contributed by atoms with van der Waals surface area (Å²) in [7, 11) is 0. The summed E-state index contributed by atoms with van der Waals surface area (Å²) in [4.78, 5) is 11.0. The van der Waals surface area contributed by atoms with Crippen molar-refractivity contribution in [1.29, 1.82) is 0 Å². The van der Waals surface area contributed by atoms with Gasteiger partial charge in [0.25, 0.3) is 0 Å². The van der Waals surface area contributed by atoms with Gasteiger partial charge in [0.15, 0.2) is 0 Å². The highest BCUT2D eigenvalue weighted by Crippen LogP contribution is 2.30. The predicted molar refractivity (Wildman–Crippen MR) is 70.6 cm³/mol. The summed E-state index contributed by atoms with van der Waals surface area (Å²) in [5.74, 6) is -0.245. The number of ether oxygens (including phenoxy) is 1. The fourth-order valence-corrected chi connectivity index (χ4v) is 1.60. The van der Waals surface area contributed by atoms with Crippen molar-refractivity contribution in [2.45, 2.75) is 6.92 Å². The minimum absolute atomic E-state index is 0.264. The number of nitrogens with two attached hydrogens (primary N) is 2. The molecule has 98 valence electrons. The number of nitrogen functional groups attached to an aromatic ring is 1. The maximum Gasteiger partial charge on any atom is 0.248 e. The van der Waals surface area contributed by atoms with Crippen molar-refractivity contribution < 1.29 is 13.9 Å². The molecule has 0 aliphatic heterocycles. The molecular formula is C14H13FN2O2. The number of hydrogen-bond donors (Lipinski definition) is 2. The third-order valence-electron chi connectivity index (χ3n) is 2.66. The van der Waals surface area contributed by atoms with E-state index in [1.807, 2.05) is 0 Å². The first-order valence-corrected chi connectivity index (χ1v) is 5.60. The van der Waals surface area contributed by atoms with Gasteiger partial charge in [0.05, 0.1) is 5.69 Å². The van der Waals surface area contributed by atoms with Crippen LogP contribution in [0, 0.1) is 12.7 Å². The second kappa shape index (κ2) is 4.97. The van der Waals surface area contributed by atoms with Crippen molar-refractivity contribution >= 4 is 11.6 Å². The zero-order chi connectivity index (χ0) is 14.0. The lowest BCUT2D eigenvalue weighted by Crippen LogP contribution is -2.11. The van der Waals surface area contributed by atoms with Crippen LogP contribution in [0.25, 0.3) is 0 Å². The minimum atomic E-state index is -0.569. The lowest BCUT2D eigenvalue weighted by atomic mass is 10.1. The molecule has 2 rings (SSSR count). The van der Waals surface area contributed by atoms with Crippen LogP contribution in [-0.2, 0) is 0 Å². The van der Waals surface area contributed by atoms with Gasteiger partial charge in [-0.1, -0.05) is 6.07 Å². The number of aryl methyl sites for hydroxylation is 1. The van der Waals surface area contributed by atoms with Crippen LogP contribution in [0.2, 0.25) is 0 Å². The average molecular weight is 260 g/mol. The second-order valence-corrected chi connectivity index (χ2v) is 4.13. The summed E-state index contributed by atoms with van der Waals surface area (Å²) in [5, 5.41) is 0. The van der Waals surface area contributed by atoms with Crippen molar-refractivity contribution in [2.75, 3.05) is 5.73 Å². The van der Waals surface area contributed by atoms with Gasteiger partial charge < -0.3 is 16.2 Å². The van der Waals surface area contributed by atoms with Crippen molar-refractivity contribution in [1.82, 2.24) is 0 Å². The second-order valence-electron chi connectivity index (χ2n) is 4.13. The summed E-state index contributed by atoms with van der Waals surface area (Å²) < 4.78 is 18.7. The Morgan fingerprint density at radius 1 is 1.16 bits per heavy atom. The quantitative estimate of drug-likeness (QED) is 0.832. The SMILES string of the molecule is Cc1ccc(F)cc1Oc1ccc(C(N)=O)cc1N. The van der Waals surface area contributed by atoms with E-state index in [4.69, 9.17) is 16.2 Å². The average Bonchev–Trinajstić information content (AvgIpc) is 2.36. The maximum atomic E-state index is 13.1. The van der Waals surface area contributed by atoms with Crippen LogP contribution in [0.4, 0.5) is 10.1 Å². The van der Waals surface area contributed by atoms with E-state index < -0.39 is 11.7 Å². The van der Waals surface area contributed by atoms with E-state index in [9.17, 15) is 9.18 Å². The Hall–Kier alpha value is -2.56. The van der Waals surface area contributed by atoms with Gasteiger partial charge in [-0.3, -0.25) is 4.79 Å². The van der Waals surface area contributed by atoms with Gasteiger partial charge >= 0.3 is 0 Å². The highest BCUT2D eigenvalue weighted by atomic mass is 19.1. The molecule has 0 aliphatic carbocycles. The van der Waals surface area contributed by atoms with Gasteiger partial charge in [-0.2, -0.15) is 0 Å². The van der Waals surface area contributed by atoms with Gasteiger partial charge in [0.2, 0.25) is 5.91 Å². The third kappa shape index (κ3) is 2.82. The molecule has 0 atom stereocenters. The number of rotatable bonds is 3. The predicted octanol–water partition coefficient (Wildman–Crippen LogP) is 2.61. The molecule has 0 fully saturated rings. The van der Waals surface area contributed by atoms with Crippen molar-refractivity contribution in [2.24, 2.45) is 5.73 Å². The lowest BCUT2D eigenvalue weighted by molar-refractivity contribution is 0.100. The minimum Gasteiger partial charge on any atom is -0.455 e. The van der Waals surface area contributed by atoms with E-state index in [0.29, 0.717) is 17.1 Å². The fraction of sp³-hybridized carbons (Fsp3) is 0.0714. The van der Waals surface area contributed by atoms with Crippen LogP contribution in [-0.4, -0.2) is 5.91 Å². The lowest BCUT2D eigenvalue weighted by Gasteiger charge is -2.11. The maximum absolute atomic E-state index is 13.1. The summed E-state index contributed by atoms with van der Waals surface area (Å²) in [6.07, 6.45) is 0. The zero-order valence-electron chi connectivity index (χ0n) is 10.3. The smallest absolute Gasteiger partial charge is 0.248 e. The summed E-state index contributed by atoms with van der Waals surface area (Å²) in [5.41, 5.74) is 12.2. The van der Waals surface area contributed by atoms with E-state index in [2.05, 4.69) is 0 Å². The zero-order valence-corrected chi connectivity index (χ0v) is 10.3. The van der Waals surface area contributed by atoms with Crippen molar-refractivity contribution in [3.63, 3.8) is 0 Å². The largest absolute Gasteiger partial charge is 0.455 e. The van der Waals surface area contributed by atoms with Gasteiger partial charge in [-0.05, 0) is 36.8 Å². The first kappa shape index (κ1) is 12.9. The van der Waals surface area contributed by atoms with E-state index in [0.717, 1.165) is 5.56 Å².